The van der Waals surface area contributed by atoms with Gasteiger partial charge in [-0.1, -0.05) is 30.1 Å². The minimum Gasteiger partial charge on any atom is -0.306 e. The molecule has 0 bridgehead atoms. The molecule has 114 valence electrons. The second-order valence-corrected chi connectivity index (χ2v) is 7.08. The highest BCUT2D eigenvalue weighted by molar-refractivity contribution is 7.20. The van der Waals surface area contributed by atoms with Crippen LogP contribution in [0.3, 0.4) is 0 Å². The zero-order valence-electron chi connectivity index (χ0n) is 11.6. The van der Waals surface area contributed by atoms with Crippen LogP contribution in [0.2, 0.25) is 8.67 Å². The van der Waals surface area contributed by atoms with Crippen molar-refractivity contribution in [1.82, 2.24) is 5.32 Å². The summed E-state index contributed by atoms with van der Waals surface area (Å²) in [6, 6.07) is 3.60. The van der Waals surface area contributed by atoms with Crippen molar-refractivity contribution in [3.63, 3.8) is 0 Å². The third kappa shape index (κ3) is 3.75. The Balaban J connectivity index is 2.50. The van der Waals surface area contributed by atoms with Gasteiger partial charge in [-0.3, -0.25) is 0 Å². The zero-order chi connectivity index (χ0) is 15.6. The van der Waals surface area contributed by atoms with Gasteiger partial charge in [-0.2, -0.15) is 0 Å². The molecule has 6 heteroatoms. The van der Waals surface area contributed by atoms with Crippen LogP contribution in [0.5, 0.6) is 0 Å². The summed E-state index contributed by atoms with van der Waals surface area (Å²) in [7, 11) is 0. The van der Waals surface area contributed by atoms with E-state index in [1.165, 1.54) is 30.4 Å². The summed E-state index contributed by atoms with van der Waals surface area (Å²) in [6.07, 6.45) is 0.863. The van der Waals surface area contributed by atoms with Crippen molar-refractivity contribution in [2.75, 3.05) is 6.54 Å². The Morgan fingerprint density at radius 3 is 2.43 bits per heavy atom. The lowest BCUT2D eigenvalue weighted by molar-refractivity contribution is 0.533. The molecule has 0 aliphatic carbocycles. The lowest BCUT2D eigenvalue weighted by Crippen LogP contribution is -2.24. The van der Waals surface area contributed by atoms with Crippen molar-refractivity contribution in [2.24, 2.45) is 0 Å². The molecule has 21 heavy (non-hydrogen) atoms. The molecule has 0 fully saturated rings. The fourth-order valence-corrected chi connectivity index (χ4v) is 3.64. The number of nitrogens with one attached hydrogen (secondary N) is 1. The Bertz CT molecular complexity index is 643. The van der Waals surface area contributed by atoms with Crippen molar-refractivity contribution in [1.29, 1.82) is 0 Å². The molecule has 1 aromatic heterocycles. The predicted molar refractivity (Wildman–Crippen MR) is 85.6 cm³/mol. The molecule has 1 heterocycles. The van der Waals surface area contributed by atoms with Crippen LogP contribution in [0.15, 0.2) is 18.2 Å². The van der Waals surface area contributed by atoms with Crippen LogP contribution in [0.25, 0.3) is 0 Å². The molecule has 1 N–H and O–H groups in total. The zero-order valence-corrected chi connectivity index (χ0v) is 14.0. The fraction of sp³-hybridized carbons (Fsp3) is 0.333. The van der Waals surface area contributed by atoms with E-state index < -0.39 is 17.7 Å². The minimum absolute atomic E-state index is 0.239. The molecular formula is C15H15Cl2F2NS. The lowest BCUT2D eigenvalue weighted by Gasteiger charge is -2.20. The molecule has 1 nitrogen and oxygen atoms in total. The molecular weight excluding hydrogens is 335 g/mol. The van der Waals surface area contributed by atoms with E-state index >= 15 is 0 Å². The van der Waals surface area contributed by atoms with Gasteiger partial charge < -0.3 is 5.32 Å². The monoisotopic (exact) mass is 349 g/mol. The molecule has 0 amide bonds. The van der Waals surface area contributed by atoms with E-state index in [0.717, 1.165) is 6.42 Å². The van der Waals surface area contributed by atoms with Crippen molar-refractivity contribution in [3.05, 3.63) is 55.2 Å². The largest absolute Gasteiger partial charge is 0.306 e. The Kier molecular flexibility index (Phi) is 5.60. The molecule has 2 rings (SSSR count). The normalized spacial score (nSPS) is 12.7. The second-order valence-electron chi connectivity index (χ2n) is 4.79. The number of hydrogen-bond acceptors (Lipinski definition) is 2. The molecule has 1 aromatic carbocycles. The number of thiophene rings is 1. The van der Waals surface area contributed by atoms with Crippen LogP contribution >= 0.6 is 34.5 Å². The average molecular weight is 350 g/mol. The van der Waals surface area contributed by atoms with Crippen LogP contribution in [0.4, 0.5) is 8.78 Å². The second kappa shape index (κ2) is 7.05. The molecule has 0 saturated heterocycles. The maximum absolute atomic E-state index is 14.3. The smallest absolute Gasteiger partial charge is 0.128 e. The number of benzene rings is 1. The van der Waals surface area contributed by atoms with Crippen LogP contribution < -0.4 is 5.32 Å². The molecule has 0 spiro atoms. The van der Waals surface area contributed by atoms with Crippen LogP contribution in [-0.4, -0.2) is 6.54 Å². The first-order chi connectivity index (χ1) is 9.93. The number of aryl methyl sites for hydroxylation is 1. The van der Waals surface area contributed by atoms with Gasteiger partial charge in [0.1, 0.15) is 11.6 Å². The van der Waals surface area contributed by atoms with Gasteiger partial charge >= 0.3 is 0 Å². The van der Waals surface area contributed by atoms with Crippen LogP contribution in [0.1, 0.15) is 36.1 Å². The first-order valence-corrected chi connectivity index (χ1v) is 8.15. The lowest BCUT2D eigenvalue weighted by atomic mass is 9.99. The maximum Gasteiger partial charge on any atom is 0.128 e. The van der Waals surface area contributed by atoms with E-state index in [0.29, 0.717) is 20.8 Å². The average Bonchev–Trinajstić information content (AvgIpc) is 2.75. The summed E-state index contributed by atoms with van der Waals surface area (Å²) in [4.78, 5) is 0. The predicted octanol–water partition coefficient (Wildman–Crippen LogP) is 5.73. The first kappa shape index (κ1) is 16.7. The van der Waals surface area contributed by atoms with E-state index in [9.17, 15) is 8.78 Å². The Hall–Kier alpha value is -0.680. The van der Waals surface area contributed by atoms with Gasteiger partial charge in [0.05, 0.1) is 14.7 Å². The summed E-state index contributed by atoms with van der Waals surface area (Å²) in [6.45, 7) is 4.19. The number of rotatable bonds is 5. The molecule has 0 aliphatic heterocycles. The quantitative estimate of drug-likeness (QED) is 0.726. The van der Waals surface area contributed by atoms with Gasteiger partial charge in [-0.25, -0.2) is 8.78 Å². The summed E-state index contributed by atoms with van der Waals surface area (Å²) in [5.74, 6) is -0.895. The SMILES string of the molecule is CCCNC(c1cc(F)c(C)cc1F)c1cc(Cl)sc1Cl. The molecule has 0 radical (unpaired) electrons. The van der Waals surface area contributed by atoms with Gasteiger partial charge in [0, 0.05) is 11.1 Å². The minimum atomic E-state index is -0.517. The van der Waals surface area contributed by atoms with Crippen molar-refractivity contribution < 1.29 is 8.78 Å². The Morgan fingerprint density at radius 2 is 1.86 bits per heavy atom. The summed E-state index contributed by atoms with van der Waals surface area (Å²) < 4.78 is 29.1. The fourth-order valence-electron chi connectivity index (χ4n) is 2.11. The van der Waals surface area contributed by atoms with Gasteiger partial charge in [0.15, 0.2) is 0 Å². The Labute approximate surface area is 136 Å². The van der Waals surface area contributed by atoms with E-state index in [2.05, 4.69) is 5.32 Å². The first-order valence-electron chi connectivity index (χ1n) is 6.57. The third-order valence-electron chi connectivity index (χ3n) is 3.18. The van der Waals surface area contributed by atoms with Gasteiger partial charge in [-0.05, 0) is 43.7 Å². The summed E-state index contributed by atoms with van der Waals surface area (Å²) in [5, 5.41) is 3.20. The van der Waals surface area contributed by atoms with E-state index in [4.69, 9.17) is 23.2 Å². The van der Waals surface area contributed by atoms with Crippen molar-refractivity contribution in [2.45, 2.75) is 26.3 Å². The van der Waals surface area contributed by atoms with Gasteiger partial charge in [0.2, 0.25) is 0 Å². The van der Waals surface area contributed by atoms with Gasteiger partial charge in [-0.15, -0.1) is 11.3 Å². The number of halogens is 4. The third-order valence-corrected chi connectivity index (χ3v) is 4.70. The molecule has 2 aromatic rings. The molecule has 0 saturated carbocycles. The topological polar surface area (TPSA) is 12.0 Å². The maximum atomic E-state index is 14.3. The van der Waals surface area contributed by atoms with Crippen LogP contribution in [-0.2, 0) is 0 Å². The highest BCUT2D eigenvalue weighted by Gasteiger charge is 2.23. The van der Waals surface area contributed by atoms with Crippen molar-refractivity contribution in [3.8, 4) is 0 Å². The van der Waals surface area contributed by atoms with Crippen LogP contribution in [0, 0.1) is 18.6 Å². The van der Waals surface area contributed by atoms with E-state index in [1.807, 2.05) is 6.92 Å². The van der Waals surface area contributed by atoms with Crippen molar-refractivity contribution >= 4 is 34.5 Å². The standard InChI is InChI=1S/C15H15Cl2F2NS/c1-3-4-20-14(10-7-13(16)21-15(10)17)9-6-11(18)8(2)5-12(9)19/h5-7,14,20H,3-4H2,1-2H3. The highest BCUT2D eigenvalue weighted by Crippen LogP contribution is 2.38. The van der Waals surface area contributed by atoms with E-state index in [1.54, 1.807) is 6.07 Å². The summed E-state index contributed by atoms with van der Waals surface area (Å²) in [5.41, 5.74) is 1.19. The highest BCUT2D eigenvalue weighted by atomic mass is 35.5. The number of hydrogen-bond donors (Lipinski definition) is 1. The summed E-state index contributed by atoms with van der Waals surface area (Å²) >= 11 is 13.3. The molecule has 1 atom stereocenters. The Morgan fingerprint density at radius 1 is 1.14 bits per heavy atom. The van der Waals surface area contributed by atoms with Gasteiger partial charge in [0.25, 0.3) is 0 Å². The molecule has 1 unspecified atom stereocenters. The molecule has 0 aliphatic rings. The van der Waals surface area contributed by atoms with E-state index in [-0.39, 0.29) is 11.1 Å².